The molecule has 1 fully saturated rings. The van der Waals surface area contributed by atoms with E-state index in [2.05, 4.69) is 15.4 Å². The molecule has 2 aromatic rings. The summed E-state index contributed by atoms with van der Waals surface area (Å²) in [5.74, 6) is -2.00. The minimum atomic E-state index is -1.22. The van der Waals surface area contributed by atoms with Crippen molar-refractivity contribution in [3.8, 4) is 0 Å². The van der Waals surface area contributed by atoms with Crippen molar-refractivity contribution in [2.24, 2.45) is 5.41 Å². The van der Waals surface area contributed by atoms with Crippen LogP contribution in [0.25, 0.3) is 0 Å². The molecular weight excluding hydrogens is 375 g/mol. The molecule has 1 aliphatic carbocycles. The summed E-state index contributed by atoms with van der Waals surface area (Å²) in [6, 6.07) is 9.58. The number of nitrogens with one attached hydrogen (secondary N) is 2. The molecule has 0 bridgehead atoms. The number of halogens is 2. The van der Waals surface area contributed by atoms with Crippen LogP contribution in [-0.4, -0.2) is 24.9 Å². The van der Waals surface area contributed by atoms with Crippen LogP contribution in [0.4, 0.5) is 15.8 Å². The summed E-state index contributed by atoms with van der Waals surface area (Å²) in [5, 5.41) is 5.45. The molecule has 6 nitrogen and oxygen atoms in total. The number of carbonyl (C=O) groups is 3. The van der Waals surface area contributed by atoms with Crippen molar-refractivity contribution in [1.82, 2.24) is 0 Å². The largest absolute Gasteiger partial charge is 0.465 e. The number of esters is 1. The van der Waals surface area contributed by atoms with E-state index in [0.717, 1.165) is 0 Å². The molecule has 0 aliphatic heterocycles. The molecule has 1 aliphatic rings. The van der Waals surface area contributed by atoms with Gasteiger partial charge in [-0.05, 0) is 55.3 Å². The summed E-state index contributed by atoms with van der Waals surface area (Å²) in [5.41, 5.74) is -0.395. The Morgan fingerprint density at radius 3 is 2.26 bits per heavy atom. The zero-order valence-corrected chi connectivity index (χ0v) is 15.1. The number of anilines is 2. The predicted molar refractivity (Wildman–Crippen MR) is 98.1 cm³/mol. The number of hydrogen-bond acceptors (Lipinski definition) is 4. The molecule has 2 N–H and O–H groups in total. The van der Waals surface area contributed by atoms with Crippen molar-refractivity contribution in [3.63, 3.8) is 0 Å². The van der Waals surface area contributed by atoms with Gasteiger partial charge in [0.15, 0.2) is 0 Å². The third-order valence-corrected chi connectivity index (χ3v) is 4.69. The number of hydrogen-bond donors (Lipinski definition) is 2. The third kappa shape index (κ3) is 3.93. The molecule has 0 radical (unpaired) electrons. The molecule has 0 atom stereocenters. The second kappa shape index (κ2) is 7.36. The van der Waals surface area contributed by atoms with Crippen LogP contribution in [0.2, 0.25) is 5.02 Å². The van der Waals surface area contributed by atoms with Crippen molar-refractivity contribution in [3.05, 3.63) is 58.9 Å². The van der Waals surface area contributed by atoms with Crippen molar-refractivity contribution in [1.29, 1.82) is 0 Å². The smallest absolute Gasteiger partial charge is 0.337 e. The van der Waals surface area contributed by atoms with E-state index >= 15 is 0 Å². The number of methoxy groups -OCH3 is 1. The highest BCUT2D eigenvalue weighted by molar-refractivity contribution is 6.34. The average Bonchev–Trinajstić information content (AvgIpc) is 3.47. The fraction of sp³-hybridized carbons (Fsp3) is 0.211. The van der Waals surface area contributed by atoms with E-state index in [4.69, 9.17) is 11.6 Å². The van der Waals surface area contributed by atoms with Crippen LogP contribution >= 0.6 is 11.6 Å². The van der Waals surface area contributed by atoms with Crippen LogP contribution in [0.3, 0.4) is 0 Å². The maximum Gasteiger partial charge on any atom is 0.337 e. The lowest BCUT2D eigenvalue weighted by atomic mass is 10.0. The van der Waals surface area contributed by atoms with Crippen LogP contribution in [-0.2, 0) is 14.3 Å². The van der Waals surface area contributed by atoms with Crippen LogP contribution in [0.15, 0.2) is 42.5 Å². The summed E-state index contributed by atoms with van der Waals surface area (Å²) in [7, 11) is 1.24. The normalized spacial score (nSPS) is 14.2. The van der Waals surface area contributed by atoms with Gasteiger partial charge in [0, 0.05) is 5.69 Å². The highest BCUT2D eigenvalue weighted by Crippen LogP contribution is 2.47. The van der Waals surface area contributed by atoms with Crippen LogP contribution in [0.5, 0.6) is 0 Å². The fourth-order valence-electron chi connectivity index (χ4n) is 2.57. The molecule has 27 heavy (non-hydrogen) atoms. The van der Waals surface area contributed by atoms with Crippen LogP contribution in [0.1, 0.15) is 23.2 Å². The van der Waals surface area contributed by atoms with Crippen LogP contribution < -0.4 is 10.6 Å². The second-order valence-corrected chi connectivity index (χ2v) is 6.59. The van der Waals surface area contributed by atoms with E-state index in [1.54, 1.807) is 0 Å². The van der Waals surface area contributed by atoms with Crippen molar-refractivity contribution < 1.29 is 23.5 Å². The summed E-state index contributed by atoms with van der Waals surface area (Å²) < 4.78 is 17.6. The van der Waals surface area contributed by atoms with Gasteiger partial charge in [0.1, 0.15) is 11.2 Å². The lowest BCUT2D eigenvalue weighted by Gasteiger charge is -2.16. The number of rotatable bonds is 5. The Morgan fingerprint density at radius 2 is 1.67 bits per heavy atom. The molecule has 0 spiro atoms. The highest BCUT2D eigenvalue weighted by Gasteiger charge is 2.56. The van der Waals surface area contributed by atoms with Gasteiger partial charge in [-0.3, -0.25) is 9.59 Å². The summed E-state index contributed by atoms with van der Waals surface area (Å²) in [6.07, 6.45) is 0.750. The van der Waals surface area contributed by atoms with Gasteiger partial charge in [0.2, 0.25) is 11.8 Å². The Morgan fingerprint density at radius 1 is 1.04 bits per heavy atom. The highest BCUT2D eigenvalue weighted by atomic mass is 35.5. The quantitative estimate of drug-likeness (QED) is 0.603. The summed E-state index contributed by atoms with van der Waals surface area (Å²) in [4.78, 5) is 36.9. The number of benzene rings is 2. The van der Waals surface area contributed by atoms with Gasteiger partial charge in [0.05, 0.1) is 23.4 Å². The minimum Gasteiger partial charge on any atom is -0.465 e. The van der Waals surface area contributed by atoms with E-state index in [9.17, 15) is 18.8 Å². The molecule has 2 aromatic carbocycles. The Bertz CT molecular complexity index is 910. The van der Waals surface area contributed by atoms with Gasteiger partial charge in [0.25, 0.3) is 0 Å². The van der Waals surface area contributed by atoms with Gasteiger partial charge >= 0.3 is 5.97 Å². The molecule has 3 rings (SSSR count). The summed E-state index contributed by atoms with van der Waals surface area (Å²) in [6.45, 7) is 0. The van der Waals surface area contributed by atoms with Crippen molar-refractivity contribution >= 4 is 40.8 Å². The first-order valence-electron chi connectivity index (χ1n) is 8.12. The van der Waals surface area contributed by atoms with E-state index in [1.165, 1.54) is 49.6 Å². The Balaban J connectivity index is 1.74. The topological polar surface area (TPSA) is 84.5 Å². The molecule has 0 aromatic heterocycles. The lowest BCUT2D eigenvalue weighted by molar-refractivity contribution is -0.131. The van der Waals surface area contributed by atoms with Gasteiger partial charge in [-0.25, -0.2) is 9.18 Å². The van der Waals surface area contributed by atoms with E-state index in [1.807, 2.05) is 0 Å². The lowest BCUT2D eigenvalue weighted by Crippen LogP contribution is -2.35. The Labute approximate surface area is 159 Å². The van der Waals surface area contributed by atoms with Gasteiger partial charge < -0.3 is 15.4 Å². The fourth-order valence-corrected chi connectivity index (χ4v) is 2.74. The first-order chi connectivity index (χ1) is 12.9. The summed E-state index contributed by atoms with van der Waals surface area (Å²) >= 11 is 6.08. The maximum absolute atomic E-state index is 13.0. The number of carbonyl (C=O) groups excluding carboxylic acids is 3. The third-order valence-electron chi connectivity index (χ3n) is 4.36. The Hall–Kier alpha value is -2.93. The van der Waals surface area contributed by atoms with E-state index < -0.39 is 29.0 Å². The van der Waals surface area contributed by atoms with E-state index in [-0.39, 0.29) is 16.3 Å². The second-order valence-electron chi connectivity index (χ2n) is 6.18. The number of ether oxygens (including phenoxy) is 1. The standard InChI is InChI=1S/C19H16ClFN2O4/c1-27-16(24)11-2-7-14(20)15(10-11)23-18(26)19(8-9-19)17(25)22-13-5-3-12(21)4-6-13/h2-7,10H,8-9H2,1H3,(H,22,25)(H,23,26). The van der Waals surface area contributed by atoms with Crippen molar-refractivity contribution in [2.45, 2.75) is 12.8 Å². The minimum absolute atomic E-state index is 0.213. The molecule has 0 heterocycles. The molecule has 140 valence electrons. The average molecular weight is 391 g/mol. The van der Waals surface area contributed by atoms with Gasteiger partial charge in [-0.1, -0.05) is 11.6 Å². The zero-order chi connectivity index (χ0) is 19.6. The van der Waals surface area contributed by atoms with E-state index in [0.29, 0.717) is 18.5 Å². The van der Waals surface area contributed by atoms with Gasteiger partial charge in [-0.2, -0.15) is 0 Å². The Kier molecular flexibility index (Phi) is 5.14. The van der Waals surface area contributed by atoms with Crippen LogP contribution in [0, 0.1) is 11.2 Å². The van der Waals surface area contributed by atoms with Crippen molar-refractivity contribution in [2.75, 3.05) is 17.7 Å². The molecule has 1 saturated carbocycles. The SMILES string of the molecule is COC(=O)c1ccc(Cl)c(NC(=O)C2(C(=O)Nc3ccc(F)cc3)CC2)c1. The van der Waals surface area contributed by atoms with Gasteiger partial charge in [-0.15, -0.1) is 0 Å². The maximum atomic E-state index is 13.0. The molecule has 2 amide bonds. The molecule has 0 saturated heterocycles. The molecule has 8 heteroatoms. The first-order valence-corrected chi connectivity index (χ1v) is 8.50. The first kappa shape index (κ1) is 18.8. The monoisotopic (exact) mass is 390 g/mol. The predicted octanol–water partition coefficient (Wildman–Crippen LogP) is 3.62. The zero-order valence-electron chi connectivity index (χ0n) is 14.3. The molecular formula is C19H16ClFN2O4. The molecule has 0 unspecified atom stereocenters. The number of amides is 2.